The van der Waals surface area contributed by atoms with E-state index >= 15 is 0 Å². The van der Waals surface area contributed by atoms with Crippen molar-refractivity contribution in [1.29, 1.82) is 0 Å². The number of nitrogens with zero attached hydrogens (tertiary/aromatic N) is 5. The van der Waals surface area contributed by atoms with E-state index in [2.05, 4.69) is 20.4 Å². The summed E-state index contributed by atoms with van der Waals surface area (Å²) >= 11 is 0. The van der Waals surface area contributed by atoms with E-state index in [-0.39, 0.29) is 11.6 Å². The van der Waals surface area contributed by atoms with E-state index in [4.69, 9.17) is 5.73 Å². The van der Waals surface area contributed by atoms with Crippen molar-refractivity contribution in [2.75, 3.05) is 38.2 Å². The van der Waals surface area contributed by atoms with Crippen LogP contribution in [0.15, 0.2) is 48.5 Å². The lowest BCUT2D eigenvalue weighted by atomic mass is 10.1. The number of rotatable bonds is 6. The maximum atomic E-state index is 13.7. The van der Waals surface area contributed by atoms with E-state index in [0.717, 1.165) is 6.54 Å². The van der Waals surface area contributed by atoms with Gasteiger partial charge in [0.2, 0.25) is 5.95 Å². The van der Waals surface area contributed by atoms with Gasteiger partial charge in [-0.2, -0.15) is 4.98 Å². The highest BCUT2D eigenvalue weighted by atomic mass is 19.1. The topological polar surface area (TPSA) is 84.9 Å². The van der Waals surface area contributed by atoms with Gasteiger partial charge in [-0.05, 0) is 56.6 Å². The number of halogens is 2. The number of hydrogen-bond acceptors (Lipinski definition) is 6. The Kier molecular flexibility index (Phi) is 5.28. The molecule has 0 saturated carbocycles. The third-order valence-corrected chi connectivity index (χ3v) is 4.58. The zero-order valence-electron chi connectivity index (χ0n) is 16.6. The van der Waals surface area contributed by atoms with Gasteiger partial charge in [0.05, 0.1) is 16.8 Å². The molecule has 2 aromatic heterocycles. The lowest BCUT2D eigenvalue weighted by molar-refractivity contribution is 0.425. The minimum atomic E-state index is -0.401. The molecule has 0 spiro atoms. The summed E-state index contributed by atoms with van der Waals surface area (Å²) in [5.41, 5.74) is 8.40. The molecule has 0 aliphatic carbocycles. The van der Waals surface area contributed by atoms with Gasteiger partial charge >= 0.3 is 0 Å². The van der Waals surface area contributed by atoms with Crippen LogP contribution in [0, 0.1) is 11.6 Å². The van der Waals surface area contributed by atoms with Gasteiger partial charge in [0, 0.05) is 18.7 Å². The van der Waals surface area contributed by atoms with Gasteiger partial charge in [-0.25, -0.2) is 18.4 Å². The molecule has 4 aromatic rings. The van der Waals surface area contributed by atoms with Gasteiger partial charge in [0.25, 0.3) is 0 Å². The molecule has 0 bridgehead atoms. The molecule has 7 nitrogen and oxygen atoms in total. The summed E-state index contributed by atoms with van der Waals surface area (Å²) in [5.74, 6) is -0.0958. The Morgan fingerprint density at radius 1 is 1.03 bits per heavy atom. The van der Waals surface area contributed by atoms with Crippen molar-refractivity contribution in [1.82, 2.24) is 24.6 Å². The number of aromatic nitrogens is 4. The van der Waals surface area contributed by atoms with Crippen LogP contribution in [0.3, 0.4) is 0 Å². The number of benzene rings is 2. The Labute approximate surface area is 172 Å². The Hall–Kier alpha value is -3.59. The van der Waals surface area contributed by atoms with E-state index in [1.807, 2.05) is 19.0 Å². The standard InChI is InChI=1S/C21H21F2N7/c1-29(2)11-10-25-21-26-18(13-6-8-14(22)9-7-13)17-19(24)30(28-20(17)27-21)16-5-3-4-15(23)12-16/h3-9,12H,10-11,24H2,1-2H3,(H,25,27,28). The van der Waals surface area contributed by atoms with Gasteiger partial charge in [0.1, 0.15) is 17.5 Å². The van der Waals surface area contributed by atoms with Gasteiger partial charge in [-0.15, -0.1) is 5.10 Å². The summed E-state index contributed by atoms with van der Waals surface area (Å²) in [6.45, 7) is 1.41. The predicted octanol–water partition coefficient (Wildman–Crippen LogP) is 3.32. The van der Waals surface area contributed by atoms with E-state index in [1.165, 1.54) is 28.9 Å². The van der Waals surface area contributed by atoms with Crippen molar-refractivity contribution in [3.8, 4) is 16.9 Å². The number of likely N-dealkylation sites (N-methyl/N-ethyl adjacent to an activating group) is 1. The van der Waals surface area contributed by atoms with Crippen molar-refractivity contribution in [2.24, 2.45) is 0 Å². The van der Waals surface area contributed by atoms with Crippen LogP contribution >= 0.6 is 0 Å². The second-order valence-corrected chi connectivity index (χ2v) is 7.11. The van der Waals surface area contributed by atoms with Crippen LogP contribution in [-0.4, -0.2) is 51.8 Å². The van der Waals surface area contributed by atoms with E-state index < -0.39 is 5.82 Å². The molecule has 2 aromatic carbocycles. The van der Waals surface area contributed by atoms with Crippen molar-refractivity contribution in [2.45, 2.75) is 0 Å². The molecule has 0 unspecified atom stereocenters. The zero-order valence-corrected chi connectivity index (χ0v) is 16.6. The van der Waals surface area contributed by atoms with E-state index in [1.54, 1.807) is 24.3 Å². The van der Waals surface area contributed by atoms with Crippen LogP contribution in [0.25, 0.3) is 28.0 Å². The molecule has 0 atom stereocenters. The lowest BCUT2D eigenvalue weighted by Gasteiger charge is -2.11. The predicted molar refractivity (Wildman–Crippen MR) is 113 cm³/mol. The summed E-state index contributed by atoms with van der Waals surface area (Å²) in [6.07, 6.45) is 0. The summed E-state index contributed by atoms with van der Waals surface area (Å²) in [5, 5.41) is 8.18. The van der Waals surface area contributed by atoms with Crippen LogP contribution in [0.4, 0.5) is 20.5 Å². The Balaban J connectivity index is 1.87. The summed E-state index contributed by atoms with van der Waals surface area (Å²) in [4.78, 5) is 11.1. The average Bonchev–Trinajstić information content (AvgIpc) is 3.04. The van der Waals surface area contributed by atoms with E-state index in [0.29, 0.717) is 40.5 Å². The molecule has 154 valence electrons. The Bertz CT molecular complexity index is 1190. The fourth-order valence-electron chi connectivity index (χ4n) is 3.10. The third-order valence-electron chi connectivity index (χ3n) is 4.58. The van der Waals surface area contributed by atoms with Crippen molar-refractivity contribution < 1.29 is 8.78 Å². The maximum Gasteiger partial charge on any atom is 0.225 e. The number of nitrogen functional groups attached to an aromatic ring is 1. The molecule has 0 aliphatic heterocycles. The fraction of sp³-hybridized carbons (Fsp3) is 0.190. The van der Waals surface area contributed by atoms with Crippen LogP contribution in [0.1, 0.15) is 0 Å². The highest BCUT2D eigenvalue weighted by Gasteiger charge is 2.19. The van der Waals surface area contributed by atoms with Crippen LogP contribution in [-0.2, 0) is 0 Å². The number of nitrogens with one attached hydrogen (secondary N) is 1. The fourth-order valence-corrected chi connectivity index (χ4v) is 3.10. The maximum absolute atomic E-state index is 13.7. The molecular formula is C21H21F2N7. The van der Waals surface area contributed by atoms with Gasteiger partial charge in [-0.3, -0.25) is 0 Å². The molecule has 0 amide bonds. The Morgan fingerprint density at radius 2 is 1.80 bits per heavy atom. The Morgan fingerprint density at radius 3 is 2.50 bits per heavy atom. The molecular weight excluding hydrogens is 388 g/mol. The van der Waals surface area contributed by atoms with Crippen molar-refractivity contribution in [3.05, 3.63) is 60.2 Å². The first kappa shape index (κ1) is 19.7. The minimum Gasteiger partial charge on any atom is -0.383 e. The van der Waals surface area contributed by atoms with Gasteiger partial charge < -0.3 is 16.0 Å². The molecule has 0 radical (unpaired) electrons. The largest absolute Gasteiger partial charge is 0.383 e. The molecule has 0 fully saturated rings. The van der Waals surface area contributed by atoms with Crippen molar-refractivity contribution >= 4 is 22.8 Å². The second kappa shape index (κ2) is 8.03. The molecule has 2 heterocycles. The van der Waals surface area contributed by atoms with E-state index in [9.17, 15) is 8.78 Å². The minimum absolute atomic E-state index is 0.273. The third kappa shape index (κ3) is 3.92. The van der Waals surface area contributed by atoms with Crippen LogP contribution in [0.2, 0.25) is 0 Å². The average molecular weight is 409 g/mol. The van der Waals surface area contributed by atoms with Crippen LogP contribution < -0.4 is 11.1 Å². The lowest BCUT2D eigenvalue weighted by Crippen LogP contribution is -2.21. The molecule has 30 heavy (non-hydrogen) atoms. The first-order chi connectivity index (χ1) is 14.4. The van der Waals surface area contributed by atoms with Gasteiger partial charge in [-0.1, -0.05) is 6.07 Å². The highest BCUT2D eigenvalue weighted by molar-refractivity contribution is 5.99. The second-order valence-electron chi connectivity index (χ2n) is 7.11. The SMILES string of the molecule is CN(C)CCNc1nc(-c2ccc(F)cc2)c2c(N)n(-c3cccc(F)c3)nc2n1. The smallest absolute Gasteiger partial charge is 0.225 e. The number of anilines is 2. The highest BCUT2D eigenvalue weighted by Crippen LogP contribution is 2.32. The first-order valence-electron chi connectivity index (χ1n) is 9.39. The van der Waals surface area contributed by atoms with Crippen molar-refractivity contribution in [3.63, 3.8) is 0 Å². The summed E-state index contributed by atoms with van der Waals surface area (Å²) in [7, 11) is 3.94. The number of fused-ring (bicyclic) bond motifs is 1. The monoisotopic (exact) mass is 409 g/mol. The summed E-state index contributed by atoms with van der Waals surface area (Å²) in [6, 6.07) is 11.9. The molecule has 0 saturated heterocycles. The molecule has 4 rings (SSSR count). The molecule has 0 aliphatic rings. The molecule has 3 N–H and O–H groups in total. The summed E-state index contributed by atoms with van der Waals surface area (Å²) < 4.78 is 28.6. The molecule has 9 heteroatoms. The number of hydrogen-bond donors (Lipinski definition) is 2. The quantitative estimate of drug-likeness (QED) is 0.508. The van der Waals surface area contributed by atoms with Crippen LogP contribution in [0.5, 0.6) is 0 Å². The zero-order chi connectivity index (χ0) is 21.3. The van der Waals surface area contributed by atoms with Gasteiger partial charge in [0.15, 0.2) is 5.65 Å². The normalized spacial score (nSPS) is 11.4. The number of nitrogens with two attached hydrogens (primary N) is 1. The first-order valence-corrected chi connectivity index (χ1v) is 9.39.